The number of hydrogen-bond donors (Lipinski definition) is 0. The van der Waals surface area contributed by atoms with Crippen molar-refractivity contribution in [2.75, 3.05) is 7.11 Å². The van der Waals surface area contributed by atoms with Crippen LogP contribution in [0, 0.1) is 5.92 Å². The van der Waals surface area contributed by atoms with Crippen molar-refractivity contribution < 1.29 is 9.53 Å². The SMILES string of the molecule is CCC(C)CC(CC=CC=O)OC. The van der Waals surface area contributed by atoms with Gasteiger partial charge in [-0.2, -0.15) is 0 Å². The third-order valence-electron chi connectivity index (χ3n) is 2.31. The molecule has 0 saturated carbocycles. The van der Waals surface area contributed by atoms with E-state index in [1.165, 1.54) is 12.5 Å². The second kappa shape index (κ2) is 7.99. The van der Waals surface area contributed by atoms with Crippen LogP contribution in [0.1, 0.15) is 33.1 Å². The van der Waals surface area contributed by atoms with Crippen molar-refractivity contribution >= 4 is 6.29 Å². The van der Waals surface area contributed by atoms with Crippen molar-refractivity contribution in [2.45, 2.75) is 39.2 Å². The second-order valence-corrected chi connectivity index (χ2v) is 3.41. The van der Waals surface area contributed by atoms with Gasteiger partial charge in [-0.25, -0.2) is 0 Å². The van der Waals surface area contributed by atoms with Gasteiger partial charge < -0.3 is 4.74 Å². The van der Waals surface area contributed by atoms with Gasteiger partial charge in [0, 0.05) is 7.11 Å². The summed E-state index contributed by atoms with van der Waals surface area (Å²) in [5, 5.41) is 0. The van der Waals surface area contributed by atoms with Crippen LogP contribution in [0.4, 0.5) is 0 Å². The van der Waals surface area contributed by atoms with Gasteiger partial charge in [-0.3, -0.25) is 4.79 Å². The standard InChI is InChI=1S/C11H20O2/c1-4-10(2)9-11(13-3)7-5-6-8-12/h5-6,8,10-11H,4,7,9H2,1-3H3. The molecule has 0 aromatic rings. The van der Waals surface area contributed by atoms with E-state index < -0.39 is 0 Å². The maximum absolute atomic E-state index is 10.0. The molecule has 2 unspecified atom stereocenters. The average Bonchev–Trinajstić information content (AvgIpc) is 2.16. The van der Waals surface area contributed by atoms with Gasteiger partial charge in [-0.15, -0.1) is 0 Å². The molecule has 0 N–H and O–H groups in total. The third-order valence-corrected chi connectivity index (χ3v) is 2.31. The lowest BCUT2D eigenvalue weighted by Crippen LogP contribution is -2.13. The van der Waals surface area contributed by atoms with Crippen molar-refractivity contribution in [1.29, 1.82) is 0 Å². The number of aldehydes is 1. The first-order valence-electron chi connectivity index (χ1n) is 4.87. The molecule has 76 valence electrons. The topological polar surface area (TPSA) is 26.3 Å². The molecule has 0 aliphatic rings. The summed E-state index contributed by atoms with van der Waals surface area (Å²) < 4.78 is 5.30. The normalized spacial score (nSPS) is 15.9. The van der Waals surface area contributed by atoms with E-state index in [1.807, 2.05) is 6.08 Å². The molecule has 0 heterocycles. The first kappa shape index (κ1) is 12.4. The van der Waals surface area contributed by atoms with Crippen LogP contribution in [-0.4, -0.2) is 19.5 Å². The van der Waals surface area contributed by atoms with E-state index in [2.05, 4.69) is 13.8 Å². The maximum Gasteiger partial charge on any atom is 0.142 e. The van der Waals surface area contributed by atoms with E-state index in [0.717, 1.165) is 19.1 Å². The average molecular weight is 184 g/mol. The van der Waals surface area contributed by atoms with Crippen molar-refractivity contribution in [3.8, 4) is 0 Å². The summed E-state index contributed by atoms with van der Waals surface area (Å²) >= 11 is 0. The minimum Gasteiger partial charge on any atom is -0.381 e. The third kappa shape index (κ3) is 6.52. The Hall–Kier alpha value is -0.630. The lowest BCUT2D eigenvalue weighted by atomic mass is 9.99. The number of carbonyl (C=O) groups excluding carboxylic acids is 1. The fourth-order valence-electron chi connectivity index (χ4n) is 1.19. The number of carbonyl (C=O) groups is 1. The highest BCUT2D eigenvalue weighted by molar-refractivity contribution is 5.64. The fourth-order valence-corrected chi connectivity index (χ4v) is 1.19. The monoisotopic (exact) mass is 184 g/mol. The quantitative estimate of drug-likeness (QED) is 0.449. The number of rotatable bonds is 7. The minimum absolute atomic E-state index is 0.256. The molecule has 0 bridgehead atoms. The molecular formula is C11H20O2. The van der Waals surface area contributed by atoms with Gasteiger partial charge in [0.2, 0.25) is 0 Å². The molecule has 2 heteroatoms. The summed E-state index contributed by atoms with van der Waals surface area (Å²) in [6.45, 7) is 4.40. The Labute approximate surface area is 81.0 Å². The molecule has 2 nitrogen and oxygen atoms in total. The predicted octanol–water partition coefficient (Wildman–Crippen LogP) is 2.58. The smallest absolute Gasteiger partial charge is 0.142 e. The van der Waals surface area contributed by atoms with Gasteiger partial charge in [0.05, 0.1) is 6.10 Å². The van der Waals surface area contributed by atoms with Crippen LogP contribution in [0.5, 0.6) is 0 Å². The van der Waals surface area contributed by atoms with E-state index >= 15 is 0 Å². The van der Waals surface area contributed by atoms with Crippen LogP contribution in [0.15, 0.2) is 12.2 Å². The molecule has 0 radical (unpaired) electrons. The molecule has 0 saturated heterocycles. The van der Waals surface area contributed by atoms with Gasteiger partial charge in [0.15, 0.2) is 0 Å². The Kier molecular flexibility index (Phi) is 7.60. The zero-order valence-electron chi connectivity index (χ0n) is 8.82. The molecule has 0 aromatic heterocycles. The van der Waals surface area contributed by atoms with Crippen LogP contribution in [0.2, 0.25) is 0 Å². The Balaban J connectivity index is 3.74. The summed E-state index contributed by atoms with van der Waals surface area (Å²) in [6, 6.07) is 0. The highest BCUT2D eigenvalue weighted by atomic mass is 16.5. The molecule has 0 spiro atoms. The Morgan fingerprint density at radius 3 is 2.62 bits per heavy atom. The fraction of sp³-hybridized carbons (Fsp3) is 0.727. The Morgan fingerprint density at radius 1 is 1.46 bits per heavy atom. The molecule has 13 heavy (non-hydrogen) atoms. The zero-order valence-corrected chi connectivity index (χ0v) is 8.82. The van der Waals surface area contributed by atoms with Crippen LogP contribution < -0.4 is 0 Å². The van der Waals surface area contributed by atoms with E-state index in [9.17, 15) is 4.79 Å². The lowest BCUT2D eigenvalue weighted by Gasteiger charge is -2.16. The maximum atomic E-state index is 10.0. The minimum atomic E-state index is 0.256. The van der Waals surface area contributed by atoms with Crippen molar-refractivity contribution in [3.05, 3.63) is 12.2 Å². The number of methoxy groups -OCH3 is 1. The van der Waals surface area contributed by atoms with Gasteiger partial charge in [-0.1, -0.05) is 26.3 Å². The summed E-state index contributed by atoms with van der Waals surface area (Å²) in [5.41, 5.74) is 0. The highest BCUT2D eigenvalue weighted by Gasteiger charge is 2.09. The van der Waals surface area contributed by atoms with Crippen molar-refractivity contribution in [2.24, 2.45) is 5.92 Å². The summed E-state index contributed by atoms with van der Waals surface area (Å²) in [4.78, 5) is 10.0. The second-order valence-electron chi connectivity index (χ2n) is 3.41. The summed E-state index contributed by atoms with van der Waals surface area (Å²) in [5.74, 6) is 0.689. The number of ether oxygens (including phenoxy) is 1. The highest BCUT2D eigenvalue weighted by Crippen LogP contribution is 2.14. The number of hydrogen-bond acceptors (Lipinski definition) is 2. The van der Waals surface area contributed by atoms with Crippen LogP contribution >= 0.6 is 0 Å². The molecule has 0 fully saturated rings. The molecule has 0 rings (SSSR count). The van der Waals surface area contributed by atoms with E-state index in [4.69, 9.17) is 4.74 Å². The molecule has 0 amide bonds. The molecule has 2 atom stereocenters. The molecule has 0 aromatic carbocycles. The summed E-state index contributed by atoms with van der Waals surface area (Å²) in [6.07, 6.45) is 7.53. The van der Waals surface area contributed by atoms with Crippen LogP contribution in [-0.2, 0) is 9.53 Å². The Morgan fingerprint density at radius 2 is 2.15 bits per heavy atom. The first-order valence-corrected chi connectivity index (χ1v) is 4.87. The molecule has 0 aliphatic carbocycles. The number of allylic oxidation sites excluding steroid dienone is 1. The van der Waals surface area contributed by atoms with Gasteiger partial charge in [0.25, 0.3) is 0 Å². The van der Waals surface area contributed by atoms with E-state index in [0.29, 0.717) is 5.92 Å². The molecule has 0 aliphatic heterocycles. The van der Waals surface area contributed by atoms with Crippen molar-refractivity contribution in [3.63, 3.8) is 0 Å². The van der Waals surface area contributed by atoms with Crippen molar-refractivity contribution in [1.82, 2.24) is 0 Å². The largest absolute Gasteiger partial charge is 0.381 e. The van der Waals surface area contributed by atoms with E-state index in [1.54, 1.807) is 7.11 Å². The summed E-state index contributed by atoms with van der Waals surface area (Å²) in [7, 11) is 1.72. The predicted molar refractivity (Wildman–Crippen MR) is 54.7 cm³/mol. The van der Waals surface area contributed by atoms with Gasteiger partial charge in [0.1, 0.15) is 6.29 Å². The van der Waals surface area contributed by atoms with E-state index in [-0.39, 0.29) is 6.10 Å². The van der Waals surface area contributed by atoms with Gasteiger partial charge >= 0.3 is 0 Å². The van der Waals surface area contributed by atoms with Gasteiger partial charge in [-0.05, 0) is 24.8 Å². The molecular weight excluding hydrogens is 164 g/mol. The first-order chi connectivity index (χ1) is 6.24. The van der Waals surface area contributed by atoms with Crippen LogP contribution in [0.3, 0.4) is 0 Å². The van der Waals surface area contributed by atoms with Crippen LogP contribution in [0.25, 0.3) is 0 Å². The lowest BCUT2D eigenvalue weighted by molar-refractivity contribution is -0.104. The zero-order chi connectivity index (χ0) is 10.1. The Bertz CT molecular complexity index is 152.